The van der Waals surface area contributed by atoms with E-state index in [1.807, 2.05) is 0 Å². The molecule has 0 spiro atoms. The number of hydrogen-bond acceptors (Lipinski definition) is 4. The predicted octanol–water partition coefficient (Wildman–Crippen LogP) is 3.20. The van der Waals surface area contributed by atoms with E-state index >= 15 is 0 Å². The standard InChI is InChI=1S/C15H11NO4/c17-14-8-4-2-6-12(14)15(18)10-9-11-5-1-3-7-13(11)16(19)20/h1-10,17H/b10-9+. The highest BCUT2D eigenvalue weighted by atomic mass is 16.6. The van der Waals surface area contributed by atoms with E-state index in [4.69, 9.17) is 0 Å². The van der Waals surface area contributed by atoms with Crippen LogP contribution in [-0.4, -0.2) is 15.8 Å². The van der Waals surface area contributed by atoms with Crippen molar-refractivity contribution in [1.29, 1.82) is 0 Å². The molecule has 0 saturated carbocycles. The molecule has 1 N–H and O–H groups in total. The predicted molar refractivity (Wildman–Crippen MR) is 74.6 cm³/mol. The molecule has 20 heavy (non-hydrogen) atoms. The zero-order chi connectivity index (χ0) is 14.5. The molecule has 0 unspecified atom stereocenters. The van der Waals surface area contributed by atoms with Crippen LogP contribution in [0.2, 0.25) is 0 Å². The summed E-state index contributed by atoms with van der Waals surface area (Å²) in [7, 11) is 0. The summed E-state index contributed by atoms with van der Waals surface area (Å²) in [5.41, 5.74) is 0.414. The molecule has 0 aromatic heterocycles. The summed E-state index contributed by atoms with van der Waals surface area (Å²) in [6.45, 7) is 0. The Bertz CT molecular complexity index is 692. The second-order valence-electron chi connectivity index (χ2n) is 4.03. The molecule has 0 aliphatic carbocycles. The van der Waals surface area contributed by atoms with Crippen LogP contribution in [0.15, 0.2) is 54.6 Å². The van der Waals surface area contributed by atoms with Crippen molar-refractivity contribution in [2.75, 3.05) is 0 Å². The molecule has 0 aliphatic heterocycles. The van der Waals surface area contributed by atoms with Crippen LogP contribution in [0.3, 0.4) is 0 Å². The molecule has 5 nitrogen and oxygen atoms in total. The number of ketones is 1. The van der Waals surface area contributed by atoms with Gasteiger partial charge in [0.2, 0.25) is 0 Å². The van der Waals surface area contributed by atoms with Gasteiger partial charge in [0.1, 0.15) is 5.75 Å². The smallest absolute Gasteiger partial charge is 0.276 e. The van der Waals surface area contributed by atoms with Crippen molar-refractivity contribution in [1.82, 2.24) is 0 Å². The normalized spacial score (nSPS) is 10.6. The van der Waals surface area contributed by atoms with Gasteiger partial charge in [-0.1, -0.05) is 24.3 Å². The van der Waals surface area contributed by atoms with E-state index in [9.17, 15) is 20.0 Å². The lowest BCUT2D eigenvalue weighted by molar-refractivity contribution is -0.385. The molecule has 0 atom stereocenters. The first-order valence-electron chi connectivity index (χ1n) is 5.83. The summed E-state index contributed by atoms with van der Waals surface area (Å²) in [5.74, 6) is -0.536. The van der Waals surface area contributed by atoms with Crippen LogP contribution in [0.1, 0.15) is 15.9 Å². The van der Waals surface area contributed by atoms with Gasteiger partial charge in [-0.3, -0.25) is 14.9 Å². The lowest BCUT2D eigenvalue weighted by Crippen LogP contribution is -1.95. The van der Waals surface area contributed by atoms with Crippen LogP contribution in [-0.2, 0) is 0 Å². The van der Waals surface area contributed by atoms with Gasteiger partial charge in [0.05, 0.1) is 16.1 Å². The van der Waals surface area contributed by atoms with Crippen molar-refractivity contribution in [2.45, 2.75) is 0 Å². The highest BCUT2D eigenvalue weighted by molar-refractivity contribution is 6.08. The summed E-state index contributed by atoms with van der Waals surface area (Å²) >= 11 is 0. The van der Waals surface area contributed by atoms with Gasteiger partial charge >= 0.3 is 0 Å². The maximum Gasteiger partial charge on any atom is 0.276 e. The van der Waals surface area contributed by atoms with Gasteiger partial charge in [0, 0.05) is 6.07 Å². The van der Waals surface area contributed by atoms with Gasteiger partial charge in [0.25, 0.3) is 5.69 Å². The van der Waals surface area contributed by atoms with Gasteiger partial charge in [-0.2, -0.15) is 0 Å². The van der Waals surface area contributed by atoms with Crippen molar-refractivity contribution in [3.05, 3.63) is 75.8 Å². The van der Waals surface area contributed by atoms with E-state index in [1.165, 1.54) is 30.4 Å². The maximum atomic E-state index is 11.9. The van der Waals surface area contributed by atoms with E-state index in [1.54, 1.807) is 30.3 Å². The summed E-state index contributed by atoms with van der Waals surface area (Å²) in [6.07, 6.45) is 2.57. The molecule has 2 aromatic rings. The average Bonchev–Trinajstić information content (AvgIpc) is 2.45. The van der Waals surface area contributed by atoms with Gasteiger partial charge in [-0.05, 0) is 30.4 Å². The minimum atomic E-state index is -0.510. The fraction of sp³-hybridized carbons (Fsp3) is 0. The molecule has 0 fully saturated rings. The van der Waals surface area contributed by atoms with E-state index in [-0.39, 0.29) is 17.0 Å². The van der Waals surface area contributed by atoms with E-state index in [0.717, 1.165) is 0 Å². The van der Waals surface area contributed by atoms with Crippen LogP contribution in [0.25, 0.3) is 6.08 Å². The number of hydrogen-bond donors (Lipinski definition) is 1. The molecule has 0 amide bonds. The molecular weight excluding hydrogens is 258 g/mol. The first-order valence-corrected chi connectivity index (χ1v) is 5.83. The lowest BCUT2D eigenvalue weighted by atomic mass is 10.1. The van der Waals surface area contributed by atoms with Crippen molar-refractivity contribution in [3.63, 3.8) is 0 Å². The highest BCUT2D eigenvalue weighted by Gasteiger charge is 2.11. The first-order chi connectivity index (χ1) is 9.59. The number of phenols is 1. The largest absolute Gasteiger partial charge is 0.507 e. The maximum absolute atomic E-state index is 11.9. The molecule has 5 heteroatoms. The molecule has 100 valence electrons. The summed E-state index contributed by atoms with van der Waals surface area (Å²) in [4.78, 5) is 22.2. The highest BCUT2D eigenvalue weighted by Crippen LogP contribution is 2.21. The fourth-order valence-corrected chi connectivity index (χ4v) is 1.73. The van der Waals surface area contributed by atoms with E-state index in [2.05, 4.69) is 0 Å². The number of aromatic hydroxyl groups is 1. The Hall–Kier alpha value is -2.95. The Balaban J connectivity index is 2.29. The van der Waals surface area contributed by atoms with Gasteiger partial charge < -0.3 is 5.11 Å². The lowest BCUT2D eigenvalue weighted by Gasteiger charge is -1.99. The number of nitrogens with zero attached hydrogens (tertiary/aromatic N) is 1. The average molecular weight is 269 g/mol. The third-order valence-electron chi connectivity index (χ3n) is 2.72. The number of phenolic OH excluding ortho intramolecular Hbond substituents is 1. The monoisotopic (exact) mass is 269 g/mol. The van der Waals surface area contributed by atoms with Crippen molar-refractivity contribution in [3.8, 4) is 5.75 Å². The third-order valence-corrected chi connectivity index (χ3v) is 2.72. The Morgan fingerprint density at radius 3 is 2.45 bits per heavy atom. The molecule has 0 bridgehead atoms. The molecule has 0 radical (unpaired) electrons. The number of benzene rings is 2. The summed E-state index contributed by atoms with van der Waals surface area (Å²) in [5, 5.41) is 20.4. The number of rotatable bonds is 4. The van der Waals surface area contributed by atoms with Gasteiger partial charge in [-0.15, -0.1) is 0 Å². The molecule has 2 rings (SSSR count). The van der Waals surface area contributed by atoms with Crippen LogP contribution in [0.5, 0.6) is 5.75 Å². The van der Waals surface area contributed by atoms with Crippen LogP contribution in [0.4, 0.5) is 5.69 Å². The number of carbonyl (C=O) groups is 1. The number of nitro benzene ring substituents is 1. The van der Waals surface area contributed by atoms with Crippen LogP contribution in [0, 0.1) is 10.1 Å². The van der Waals surface area contributed by atoms with Gasteiger partial charge in [-0.25, -0.2) is 0 Å². The number of carbonyl (C=O) groups excluding carboxylic acids is 1. The zero-order valence-corrected chi connectivity index (χ0v) is 10.4. The number of para-hydroxylation sites is 2. The first kappa shape index (κ1) is 13.5. The Labute approximate surface area is 115 Å². The Morgan fingerprint density at radius 1 is 1.10 bits per heavy atom. The van der Waals surface area contributed by atoms with Crippen LogP contribution >= 0.6 is 0 Å². The van der Waals surface area contributed by atoms with Crippen molar-refractivity contribution >= 4 is 17.5 Å². The Kier molecular flexibility index (Phi) is 3.91. The summed E-state index contributed by atoms with van der Waals surface area (Å²) in [6, 6.07) is 12.3. The molecule has 0 saturated heterocycles. The van der Waals surface area contributed by atoms with E-state index < -0.39 is 10.7 Å². The summed E-state index contributed by atoms with van der Waals surface area (Å²) < 4.78 is 0. The quantitative estimate of drug-likeness (QED) is 0.400. The van der Waals surface area contributed by atoms with E-state index in [0.29, 0.717) is 5.56 Å². The van der Waals surface area contributed by atoms with Gasteiger partial charge in [0.15, 0.2) is 5.78 Å². The second-order valence-corrected chi connectivity index (χ2v) is 4.03. The second kappa shape index (κ2) is 5.79. The fourth-order valence-electron chi connectivity index (χ4n) is 1.73. The topological polar surface area (TPSA) is 80.4 Å². The number of nitro groups is 1. The van der Waals surface area contributed by atoms with Crippen molar-refractivity contribution in [2.24, 2.45) is 0 Å². The molecule has 0 aliphatic rings. The van der Waals surface area contributed by atoms with Crippen molar-refractivity contribution < 1.29 is 14.8 Å². The Morgan fingerprint density at radius 2 is 1.75 bits per heavy atom. The molecule has 2 aromatic carbocycles. The minimum absolute atomic E-state index is 0.0752. The third kappa shape index (κ3) is 2.89. The molecular formula is C15H11NO4. The SMILES string of the molecule is O=C(/C=C/c1ccccc1[N+](=O)[O-])c1ccccc1O. The zero-order valence-electron chi connectivity index (χ0n) is 10.4. The molecule has 0 heterocycles. The van der Waals surface area contributed by atoms with Crippen LogP contribution < -0.4 is 0 Å². The minimum Gasteiger partial charge on any atom is -0.507 e. The number of allylic oxidation sites excluding steroid dienone is 1.